The van der Waals surface area contributed by atoms with Gasteiger partial charge in [-0.1, -0.05) is 18.6 Å². The number of rotatable bonds is 6. The topological polar surface area (TPSA) is 105 Å². The highest BCUT2D eigenvalue weighted by atomic mass is 16.5. The molecule has 31 heavy (non-hydrogen) atoms. The molecule has 1 saturated heterocycles. The van der Waals surface area contributed by atoms with Crippen LogP contribution in [0.4, 0.5) is 5.82 Å². The summed E-state index contributed by atoms with van der Waals surface area (Å²) in [4.78, 5) is 29.7. The van der Waals surface area contributed by atoms with Crippen molar-refractivity contribution in [1.82, 2.24) is 24.8 Å². The van der Waals surface area contributed by atoms with Gasteiger partial charge >= 0.3 is 0 Å². The molecule has 1 atom stereocenters. The number of aromatic amines is 1. The Labute approximate surface area is 179 Å². The molecule has 0 aliphatic carbocycles. The molecule has 1 aliphatic heterocycles. The van der Waals surface area contributed by atoms with E-state index in [1.54, 1.807) is 18.1 Å². The molecule has 0 spiro atoms. The Bertz CT molecular complexity index is 1160. The number of carbonyl (C=O) groups excluding carboxylic acids is 1. The maximum Gasteiger partial charge on any atom is 0.246 e. The molecule has 158 valence electrons. The van der Waals surface area contributed by atoms with Crippen molar-refractivity contribution in [1.29, 1.82) is 0 Å². The van der Waals surface area contributed by atoms with Gasteiger partial charge in [-0.05, 0) is 30.6 Å². The number of nitrogens with zero attached hydrogens (tertiary/aromatic N) is 4. The first kappa shape index (κ1) is 20.2. The van der Waals surface area contributed by atoms with E-state index in [0.29, 0.717) is 41.6 Å². The number of hydrogen-bond acceptors (Lipinski definition) is 7. The number of ether oxygens (including phenoxy) is 2. The fraction of sp³-hybridized carbons (Fsp3) is 0.273. The SMILES string of the molecule is C=CC(=O)N1CCC(Nc2ncnc3[nH]c(C#CCOc4cccc(OC)c4)nc23)C1. The largest absolute Gasteiger partial charge is 0.497 e. The number of fused-ring (bicyclic) bond motifs is 1. The van der Waals surface area contributed by atoms with Crippen LogP contribution in [0.2, 0.25) is 0 Å². The maximum absolute atomic E-state index is 11.8. The van der Waals surface area contributed by atoms with Crippen LogP contribution in [-0.2, 0) is 4.79 Å². The number of carbonyl (C=O) groups is 1. The van der Waals surface area contributed by atoms with Crippen molar-refractivity contribution >= 4 is 22.9 Å². The molecule has 1 aromatic carbocycles. The summed E-state index contributed by atoms with van der Waals surface area (Å²) in [7, 11) is 1.61. The summed E-state index contributed by atoms with van der Waals surface area (Å²) in [5, 5.41) is 3.36. The van der Waals surface area contributed by atoms with Gasteiger partial charge in [-0.2, -0.15) is 0 Å². The van der Waals surface area contributed by atoms with E-state index in [4.69, 9.17) is 9.47 Å². The van der Waals surface area contributed by atoms with E-state index >= 15 is 0 Å². The number of H-pyrrole nitrogens is 1. The Balaban J connectivity index is 1.41. The van der Waals surface area contributed by atoms with Crippen LogP contribution in [0.5, 0.6) is 11.5 Å². The zero-order chi connectivity index (χ0) is 21.6. The third kappa shape index (κ3) is 4.75. The van der Waals surface area contributed by atoms with Gasteiger partial charge in [0.2, 0.25) is 5.91 Å². The lowest BCUT2D eigenvalue weighted by Gasteiger charge is -2.15. The predicted octanol–water partition coefficient (Wildman–Crippen LogP) is 1.99. The summed E-state index contributed by atoms with van der Waals surface area (Å²) < 4.78 is 10.8. The quantitative estimate of drug-likeness (QED) is 0.466. The number of hydrogen-bond donors (Lipinski definition) is 2. The standard InChI is InChI=1S/C22H22N6O3/c1-3-19(29)28-10-9-15(13-28)25-21-20-22(24-14-23-21)27-18(26-20)8-5-11-31-17-7-4-6-16(12-17)30-2/h3-4,6-7,12,14-15H,1,9-11,13H2,2H3,(H2,23,24,25,26,27). The average Bonchev–Trinajstić information content (AvgIpc) is 3.44. The summed E-state index contributed by atoms with van der Waals surface area (Å²) in [5.74, 6) is 8.31. The molecule has 9 nitrogen and oxygen atoms in total. The molecule has 3 aromatic rings. The molecule has 3 heterocycles. The van der Waals surface area contributed by atoms with E-state index < -0.39 is 0 Å². The molecule has 0 bridgehead atoms. The van der Waals surface area contributed by atoms with Crippen LogP contribution in [-0.4, -0.2) is 63.6 Å². The molecule has 2 N–H and O–H groups in total. The van der Waals surface area contributed by atoms with Crippen molar-refractivity contribution in [3.63, 3.8) is 0 Å². The minimum absolute atomic E-state index is 0.0642. The summed E-state index contributed by atoms with van der Waals surface area (Å²) in [6.07, 6.45) is 3.62. The summed E-state index contributed by atoms with van der Waals surface area (Å²) in [5.41, 5.74) is 1.20. The van der Waals surface area contributed by atoms with E-state index in [9.17, 15) is 4.79 Å². The number of methoxy groups -OCH3 is 1. The van der Waals surface area contributed by atoms with Crippen LogP contribution in [0, 0.1) is 11.8 Å². The second-order valence-electron chi connectivity index (χ2n) is 6.89. The Hall–Kier alpha value is -4.06. The third-order valence-electron chi connectivity index (χ3n) is 4.86. The summed E-state index contributed by atoms with van der Waals surface area (Å²) in [6, 6.07) is 7.42. The monoisotopic (exact) mass is 418 g/mol. The minimum Gasteiger partial charge on any atom is -0.497 e. The van der Waals surface area contributed by atoms with Crippen LogP contribution in [0.25, 0.3) is 11.2 Å². The van der Waals surface area contributed by atoms with E-state index in [-0.39, 0.29) is 18.6 Å². The van der Waals surface area contributed by atoms with Crippen LogP contribution < -0.4 is 14.8 Å². The lowest BCUT2D eigenvalue weighted by molar-refractivity contribution is -0.125. The van der Waals surface area contributed by atoms with Gasteiger partial charge in [-0.15, -0.1) is 0 Å². The molecule has 1 amide bonds. The van der Waals surface area contributed by atoms with Gasteiger partial charge < -0.3 is 24.7 Å². The molecular formula is C22H22N6O3. The Morgan fingerprint density at radius 1 is 1.42 bits per heavy atom. The second-order valence-corrected chi connectivity index (χ2v) is 6.89. The van der Waals surface area contributed by atoms with Gasteiger partial charge in [0.05, 0.1) is 7.11 Å². The first-order valence-corrected chi connectivity index (χ1v) is 9.80. The number of aromatic nitrogens is 4. The van der Waals surface area contributed by atoms with Crippen molar-refractivity contribution in [2.45, 2.75) is 12.5 Å². The van der Waals surface area contributed by atoms with Crippen molar-refractivity contribution in [3.05, 3.63) is 49.1 Å². The Morgan fingerprint density at radius 2 is 2.29 bits per heavy atom. The molecule has 0 radical (unpaired) electrons. The molecule has 1 fully saturated rings. The van der Waals surface area contributed by atoms with Crippen molar-refractivity contribution in [2.75, 3.05) is 32.1 Å². The molecule has 1 aliphatic rings. The van der Waals surface area contributed by atoms with Gasteiger partial charge in [0.25, 0.3) is 0 Å². The summed E-state index contributed by atoms with van der Waals surface area (Å²) >= 11 is 0. The van der Waals surface area contributed by atoms with Gasteiger partial charge in [0.1, 0.15) is 24.4 Å². The lowest BCUT2D eigenvalue weighted by atomic mass is 10.2. The Kier molecular flexibility index (Phi) is 5.98. The predicted molar refractivity (Wildman–Crippen MR) is 116 cm³/mol. The van der Waals surface area contributed by atoms with E-state index in [1.807, 2.05) is 18.2 Å². The second kappa shape index (κ2) is 9.17. The molecule has 2 aromatic heterocycles. The number of amides is 1. The molecule has 4 rings (SSSR count). The number of imidazole rings is 1. The van der Waals surface area contributed by atoms with Gasteiger partial charge in [0, 0.05) is 25.2 Å². The highest BCUT2D eigenvalue weighted by molar-refractivity contribution is 5.87. The third-order valence-corrected chi connectivity index (χ3v) is 4.86. The smallest absolute Gasteiger partial charge is 0.246 e. The molecule has 0 saturated carbocycles. The molecule has 1 unspecified atom stereocenters. The number of anilines is 1. The van der Waals surface area contributed by atoms with E-state index in [2.05, 4.69) is 43.7 Å². The van der Waals surface area contributed by atoms with Crippen molar-refractivity contribution in [2.24, 2.45) is 0 Å². The first-order chi connectivity index (χ1) is 15.2. The lowest BCUT2D eigenvalue weighted by Crippen LogP contribution is -2.30. The van der Waals surface area contributed by atoms with Gasteiger partial charge in [0.15, 0.2) is 22.8 Å². The Morgan fingerprint density at radius 3 is 3.13 bits per heavy atom. The molecule has 9 heteroatoms. The normalized spacial score (nSPS) is 15.3. The van der Waals surface area contributed by atoms with Gasteiger partial charge in [-0.25, -0.2) is 15.0 Å². The van der Waals surface area contributed by atoms with Crippen LogP contribution >= 0.6 is 0 Å². The molecular weight excluding hydrogens is 396 g/mol. The zero-order valence-electron chi connectivity index (χ0n) is 17.1. The summed E-state index contributed by atoms with van der Waals surface area (Å²) in [6.45, 7) is 5.02. The van der Waals surface area contributed by atoms with Gasteiger partial charge in [-0.3, -0.25) is 4.79 Å². The number of likely N-dealkylation sites (tertiary alicyclic amines) is 1. The number of nitrogens with one attached hydrogen (secondary N) is 2. The zero-order valence-corrected chi connectivity index (χ0v) is 17.1. The van der Waals surface area contributed by atoms with Crippen molar-refractivity contribution < 1.29 is 14.3 Å². The van der Waals surface area contributed by atoms with Crippen molar-refractivity contribution in [3.8, 4) is 23.3 Å². The highest BCUT2D eigenvalue weighted by Gasteiger charge is 2.25. The fourth-order valence-electron chi connectivity index (χ4n) is 3.32. The van der Waals surface area contributed by atoms with Crippen LogP contribution in [0.3, 0.4) is 0 Å². The minimum atomic E-state index is -0.0642. The van der Waals surface area contributed by atoms with E-state index in [0.717, 1.165) is 12.2 Å². The maximum atomic E-state index is 11.8. The van der Waals surface area contributed by atoms with Crippen LogP contribution in [0.15, 0.2) is 43.2 Å². The average molecular weight is 418 g/mol. The number of benzene rings is 1. The van der Waals surface area contributed by atoms with E-state index in [1.165, 1.54) is 12.4 Å². The first-order valence-electron chi connectivity index (χ1n) is 9.80. The highest BCUT2D eigenvalue weighted by Crippen LogP contribution is 2.21. The fourth-order valence-corrected chi connectivity index (χ4v) is 3.32. The van der Waals surface area contributed by atoms with Crippen LogP contribution in [0.1, 0.15) is 12.2 Å².